The minimum absolute atomic E-state index is 0. The molecule has 0 bridgehead atoms. The van der Waals surface area contributed by atoms with Gasteiger partial charge in [-0.2, -0.15) is 18.2 Å². The van der Waals surface area contributed by atoms with Crippen molar-refractivity contribution in [3.8, 4) is 0 Å². The summed E-state index contributed by atoms with van der Waals surface area (Å²) in [5.74, 6) is 0. The molecule has 0 saturated heterocycles. The van der Waals surface area contributed by atoms with Crippen molar-refractivity contribution < 1.29 is 41.5 Å². The molecule has 4 heteroatoms. The minimum atomic E-state index is 0. The zero-order chi connectivity index (χ0) is 9.54. The third kappa shape index (κ3) is 32.1. The monoisotopic (exact) mass is 251 g/mol. The van der Waals surface area contributed by atoms with Crippen LogP contribution in [0.15, 0.2) is 30.3 Å². The van der Waals surface area contributed by atoms with E-state index in [0.717, 1.165) is 21.3 Å². The Hall–Kier alpha value is 0.113. The fourth-order valence-corrected chi connectivity index (χ4v) is 0.321. The smallest absolute Gasteiger partial charge is 0.0319 e. The SMILES string of the molecule is CO.CO.CO.[Zr].c1cc[cH-]c1. The van der Waals surface area contributed by atoms with Crippen molar-refractivity contribution in [3.63, 3.8) is 0 Å². The minimum Gasteiger partial charge on any atom is -0.400 e. The van der Waals surface area contributed by atoms with Gasteiger partial charge in [0.05, 0.1) is 0 Å². The van der Waals surface area contributed by atoms with Crippen LogP contribution in [0.3, 0.4) is 0 Å². The molecule has 0 spiro atoms. The summed E-state index contributed by atoms with van der Waals surface area (Å²) in [6.07, 6.45) is 0. The van der Waals surface area contributed by atoms with Gasteiger partial charge in [-0.1, -0.05) is 0 Å². The Morgan fingerprint density at radius 2 is 1.00 bits per heavy atom. The molecule has 0 aliphatic rings. The van der Waals surface area contributed by atoms with E-state index in [0.29, 0.717) is 0 Å². The molecule has 1 aromatic carbocycles. The Morgan fingerprint density at radius 3 is 1.08 bits per heavy atom. The fraction of sp³-hybridized carbons (Fsp3) is 0.375. The topological polar surface area (TPSA) is 60.7 Å². The van der Waals surface area contributed by atoms with E-state index in [-0.39, 0.29) is 26.2 Å². The molecule has 0 saturated carbocycles. The van der Waals surface area contributed by atoms with Crippen LogP contribution in [0.5, 0.6) is 0 Å². The first-order chi connectivity index (χ1) is 5.50. The molecule has 12 heavy (non-hydrogen) atoms. The normalized spacial score (nSPS) is 4.83. The molecule has 0 aliphatic heterocycles. The summed E-state index contributed by atoms with van der Waals surface area (Å²) in [7, 11) is 3.00. The van der Waals surface area contributed by atoms with Gasteiger partial charge >= 0.3 is 0 Å². The second-order valence-corrected chi connectivity index (χ2v) is 0.962. The summed E-state index contributed by atoms with van der Waals surface area (Å²) in [5, 5.41) is 21.0. The zero-order valence-electron chi connectivity index (χ0n) is 7.73. The summed E-state index contributed by atoms with van der Waals surface area (Å²) in [6.45, 7) is 0. The number of hydrogen-bond acceptors (Lipinski definition) is 3. The van der Waals surface area contributed by atoms with Crippen molar-refractivity contribution >= 4 is 0 Å². The molecule has 3 nitrogen and oxygen atoms in total. The number of aliphatic hydroxyl groups is 3. The Kier molecular flexibility index (Phi) is 82.3. The maximum Gasteiger partial charge on any atom is 0.0319 e. The second kappa shape index (κ2) is 43.5. The van der Waals surface area contributed by atoms with Crippen molar-refractivity contribution in [1.82, 2.24) is 0 Å². The van der Waals surface area contributed by atoms with Gasteiger partial charge in [0.1, 0.15) is 0 Å². The molecule has 0 radical (unpaired) electrons. The van der Waals surface area contributed by atoms with Gasteiger partial charge in [0.2, 0.25) is 0 Å². The molecule has 0 aromatic heterocycles. The summed E-state index contributed by atoms with van der Waals surface area (Å²) in [5.41, 5.74) is 0. The fourth-order valence-electron chi connectivity index (χ4n) is 0.321. The maximum atomic E-state index is 7.00. The van der Waals surface area contributed by atoms with Crippen LogP contribution in [0, 0.1) is 0 Å². The summed E-state index contributed by atoms with van der Waals surface area (Å²) in [6, 6.07) is 10.0. The van der Waals surface area contributed by atoms with Crippen molar-refractivity contribution in [1.29, 1.82) is 0 Å². The van der Waals surface area contributed by atoms with Crippen molar-refractivity contribution in [2.24, 2.45) is 0 Å². The van der Waals surface area contributed by atoms with Crippen LogP contribution < -0.4 is 0 Å². The molecule has 0 amide bonds. The van der Waals surface area contributed by atoms with E-state index >= 15 is 0 Å². The maximum absolute atomic E-state index is 7.00. The van der Waals surface area contributed by atoms with Gasteiger partial charge in [-0.3, -0.25) is 0 Å². The predicted molar refractivity (Wildman–Crippen MR) is 46.5 cm³/mol. The van der Waals surface area contributed by atoms with E-state index in [1.807, 2.05) is 30.3 Å². The molecule has 0 aliphatic carbocycles. The first kappa shape index (κ1) is 22.7. The van der Waals surface area contributed by atoms with Crippen LogP contribution in [0.25, 0.3) is 0 Å². The molecular formula is C8H17O3Zr-. The van der Waals surface area contributed by atoms with E-state index in [9.17, 15) is 0 Å². The predicted octanol–water partition coefficient (Wildman–Crippen LogP) is 0.228. The van der Waals surface area contributed by atoms with E-state index in [2.05, 4.69) is 0 Å². The van der Waals surface area contributed by atoms with E-state index in [1.54, 1.807) is 0 Å². The Labute approximate surface area is 93.2 Å². The van der Waals surface area contributed by atoms with Gasteiger partial charge in [-0.05, 0) is 0 Å². The zero-order valence-corrected chi connectivity index (χ0v) is 10.2. The molecule has 72 valence electrons. The number of aliphatic hydroxyl groups excluding tert-OH is 3. The average Bonchev–Trinajstić information content (AvgIpc) is 2.71. The van der Waals surface area contributed by atoms with Crippen LogP contribution in [0.4, 0.5) is 0 Å². The van der Waals surface area contributed by atoms with E-state index < -0.39 is 0 Å². The molecule has 0 atom stereocenters. The van der Waals surface area contributed by atoms with Crippen molar-refractivity contribution in [2.75, 3.05) is 21.3 Å². The Morgan fingerprint density at radius 1 is 0.750 bits per heavy atom. The van der Waals surface area contributed by atoms with Gasteiger partial charge in [-0.25, -0.2) is 12.1 Å². The molecule has 0 fully saturated rings. The number of rotatable bonds is 0. The summed E-state index contributed by atoms with van der Waals surface area (Å²) < 4.78 is 0. The Bertz CT molecular complexity index is 70.8. The average molecular weight is 252 g/mol. The van der Waals surface area contributed by atoms with Crippen LogP contribution in [0.2, 0.25) is 0 Å². The second-order valence-electron chi connectivity index (χ2n) is 0.962. The number of hydrogen-bond donors (Lipinski definition) is 3. The van der Waals surface area contributed by atoms with E-state index in [4.69, 9.17) is 15.3 Å². The quantitative estimate of drug-likeness (QED) is 0.579. The first-order valence-corrected chi connectivity index (χ1v) is 3.01. The van der Waals surface area contributed by atoms with Crippen LogP contribution >= 0.6 is 0 Å². The van der Waals surface area contributed by atoms with Gasteiger partial charge in [0.15, 0.2) is 0 Å². The summed E-state index contributed by atoms with van der Waals surface area (Å²) in [4.78, 5) is 0. The molecule has 3 N–H and O–H groups in total. The van der Waals surface area contributed by atoms with Gasteiger partial charge in [-0.15, -0.1) is 0 Å². The third-order valence-electron chi connectivity index (χ3n) is 0.556. The molecule has 1 rings (SSSR count). The molecule has 0 heterocycles. The molecular weight excluding hydrogens is 235 g/mol. The van der Waals surface area contributed by atoms with Gasteiger partial charge in [0.25, 0.3) is 0 Å². The summed E-state index contributed by atoms with van der Waals surface area (Å²) >= 11 is 0. The van der Waals surface area contributed by atoms with Crippen molar-refractivity contribution in [2.45, 2.75) is 0 Å². The largest absolute Gasteiger partial charge is 0.400 e. The van der Waals surface area contributed by atoms with Crippen LogP contribution in [-0.2, 0) is 26.2 Å². The van der Waals surface area contributed by atoms with Crippen LogP contribution in [0.1, 0.15) is 0 Å². The van der Waals surface area contributed by atoms with Crippen LogP contribution in [-0.4, -0.2) is 36.6 Å². The van der Waals surface area contributed by atoms with E-state index in [1.165, 1.54) is 0 Å². The standard InChI is InChI=1S/C5H5.3CH4O.Zr/c1-2-4-5-3-1;3*1-2;/h1-5H;3*2H,1H3;/q-1;;;;. The molecule has 0 unspecified atom stereocenters. The molecule has 1 aromatic rings. The third-order valence-corrected chi connectivity index (χ3v) is 0.556. The van der Waals surface area contributed by atoms with Crippen molar-refractivity contribution in [3.05, 3.63) is 30.3 Å². The van der Waals surface area contributed by atoms with Gasteiger partial charge < -0.3 is 15.3 Å². The Balaban J connectivity index is -0.0000000406. The first-order valence-electron chi connectivity index (χ1n) is 3.01. The van der Waals surface area contributed by atoms with Gasteiger partial charge in [0, 0.05) is 47.5 Å².